The molecule has 2 rings (SSSR count). The van der Waals surface area contributed by atoms with Gasteiger partial charge in [-0.3, -0.25) is 18.7 Å². The fourth-order valence-electron chi connectivity index (χ4n) is 1.96. The SMILES string of the molecule is CCOC(=O)C(C)(C)C(=O)Cn1ccn(C2CC2)c1=O. The van der Waals surface area contributed by atoms with E-state index in [2.05, 4.69) is 0 Å². The Hall–Kier alpha value is -1.85. The Labute approximate surface area is 117 Å². The molecule has 1 aromatic heterocycles. The minimum atomic E-state index is -1.24. The Bertz CT molecular complexity index is 578. The number of Topliss-reactive ketones (excluding diaryl/α,β-unsaturated/α-hetero) is 1. The third-order valence-corrected chi connectivity index (χ3v) is 3.61. The van der Waals surface area contributed by atoms with Gasteiger partial charge in [0.15, 0.2) is 5.78 Å². The molecule has 1 fully saturated rings. The topological polar surface area (TPSA) is 70.3 Å². The van der Waals surface area contributed by atoms with E-state index < -0.39 is 11.4 Å². The van der Waals surface area contributed by atoms with Crippen LogP contribution < -0.4 is 5.69 Å². The highest BCUT2D eigenvalue weighted by atomic mass is 16.5. The lowest BCUT2D eigenvalue weighted by Crippen LogP contribution is -2.39. The number of imidazole rings is 1. The first-order valence-corrected chi connectivity index (χ1v) is 6.85. The first-order chi connectivity index (χ1) is 9.37. The van der Waals surface area contributed by atoms with Gasteiger partial charge in [0.1, 0.15) is 5.41 Å². The van der Waals surface area contributed by atoms with Crippen LogP contribution in [0.5, 0.6) is 0 Å². The molecule has 0 amide bonds. The maximum absolute atomic E-state index is 12.2. The van der Waals surface area contributed by atoms with Gasteiger partial charge in [-0.15, -0.1) is 0 Å². The summed E-state index contributed by atoms with van der Waals surface area (Å²) in [6.45, 7) is 4.86. The smallest absolute Gasteiger partial charge is 0.328 e. The highest BCUT2D eigenvalue weighted by molar-refractivity contribution is 6.02. The second-order valence-electron chi connectivity index (χ2n) is 5.62. The summed E-state index contributed by atoms with van der Waals surface area (Å²) in [5.74, 6) is -0.883. The van der Waals surface area contributed by atoms with Crippen LogP contribution in [-0.4, -0.2) is 27.5 Å². The van der Waals surface area contributed by atoms with Gasteiger partial charge in [-0.2, -0.15) is 0 Å². The standard InChI is InChI=1S/C14H20N2O4/c1-4-20-12(18)14(2,3)11(17)9-15-7-8-16(13(15)19)10-5-6-10/h7-8,10H,4-6,9H2,1-3H3. The molecule has 6 nitrogen and oxygen atoms in total. The van der Waals surface area contributed by atoms with Gasteiger partial charge in [0, 0.05) is 18.4 Å². The minimum absolute atomic E-state index is 0.107. The van der Waals surface area contributed by atoms with Crippen molar-refractivity contribution in [2.75, 3.05) is 6.61 Å². The van der Waals surface area contributed by atoms with Crippen LogP contribution in [0.2, 0.25) is 0 Å². The van der Waals surface area contributed by atoms with E-state index in [9.17, 15) is 14.4 Å². The molecule has 1 heterocycles. The molecule has 0 radical (unpaired) electrons. The van der Waals surface area contributed by atoms with Gasteiger partial charge in [0.25, 0.3) is 0 Å². The highest BCUT2D eigenvalue weighted by Crippen LogP contribution is 2.33. The number of esters is 1. The normalized spacial score (nSPS) is 15.2. The molecule has 0 aliphatic heterocycles. The van der Waals surface area contributed by atoms with Crippen molar-refractivity contribution in [1.29, 1.82) is 0 Å². The van der Waals surface area contributed by atoms with E-state index >= 15 is 0 Å². The number of ether oxygens (including phenoxy) is 1. The van der Waals surface area contributed by atoms with Gasteiger partial charge < -0.3 is 4.74 Å². The summed E-state index contributed by atoms with van der Waals surface area (Å²) in [4.78, 5) is 36.1. The van der Waals surface area contributed by atoms with E-state index in [-0.39, 0.29) is 30.7 Å². The Morgan fingerprint density at radius 2 is 2.00 bits per heavy atom. The molecule has 0 spiro atoms. The van der Waals surface area contributed by atoms with Crippen LogP contribution in [0, 0.1) is 5.41 Å². The number of carbonyl (C=O) groups is 2. The molecule has 0 aromatic carbocycles. The molecule has 0 N–H and O–H groups in total. The number of aromatic nitrogens is 2. The van der Waals surface area contributed by atoms with E-state index in [1.807, 2.05) is 0 Å². The molecule has 0 atom stereocenters. The summed E-state index contributed by atoms with van der Waals surface area (Å²) in [6, 6.07) is 0.275. The predicted octanol–water partition coefficient (Wildman–Crippen LogP) is 1.14. The van der Waals surface area contributed by atoms with Crippen molar-refractivity contribution >= 4 is 11.8 Å². The monoisotopic (exact) mass is 280 g/mol. The molecule has 1 saturated carbocycles. The minimum Gasteiger partial charge on any atom is -0.465 e. The second kappa shape index (κ2) is 5.26. The van der Waals surface area contributed by atoms with E-state index in [0.29, 0.717) is 0 Å². The van der Waals surface area contributed by atoms with Crippen molar-refractivity contribution in [3.05, 3.63) is 22.9 Å². The molecular formula is C14H20N2O4. The Morgan fingerprint density at radius 3 is 2.55 bits per heavy atom. The van der Waals surface area contributed by atoms with Gasteiger partial charge in [-0.25, -0.2) is 4.79 Å². The molecule has 0 unspecified atom stereocenters. The van der Waals surface area contributed by atoms with E-state index in [1.165, 1.54) is 18.4 Å². The Kier molecular flexibility index (Phi) is 3.83. The molecule has 1 aliphatic carbocycles. The molecule has 0 saturated heterocycles. The maximum atomic E-state index is 12.2. The first-order valence-electron chi connectivity index (χ1n) is 6.85. The third-order valence-electron chi connectivity index (χ3n) is 3.61. The average Bonchev–Trinajstić information content (AvgIpc) is 3.16. The number of hydrogen-bond acceptors (Lipinski definition) is 4. The van der Waals surface area contributed by atoms with Crippen LogP contribution in [0.4, 0.5) is 0 Å². The van der Waals surface area contributed by atoms with E-state index in [1.54, 1.807) is 23.9 Å². The molecule has 1 aliphatic rings. The zero-order valence-corrected chi connectivity index (χ0v) is 12.1. The lowest BCUT2D eigenvalue weighted by molar-refractivity contribution is -0.158. The van der Waals surface area contributed by atoms with Crippen LogP contribution in [-0.2, 0) is 20.9 Å². The largest absolute Gasteiger partial charge is 0.465 e. The van der Waals surface area contributed by atoms with Crippen LogP contribution in [0.1, 0.15) is 39.7 Å². The number of hydrogen-bond donors (Lipinski definition) is 0. The Balaban J connectivity index is 2.11. The van der Waals surface area contributed by atoms with Crippen molar-refractivity contribution in [1.82, 2.24) is 9.13 Å². The lowest BCUT2D eigenvalue weighted by atomic mass is 9.88. The number of ketones is 1. The fourth-order valence-corrected chi connectivity index (χ4v) is 1.96. The van der Waals surface area contributed by atoms with Crippen LogP contribution in [0.15, 0.2) is 17.2 Å². The molecule has 6 heteroatoms. The van der Waals surface area contributed by atoms with Crippen LogP contribution in [0.3, 0.4) is 0 Å². The third kappa shape index (κ3) is 2.69. The lowest BCUT2D eigenvalue weighted by Gasteiger charge is -2.20. The zero-order chi connectivity index (χ0) is 14.9. The highest BCUT2D eigenvalue weighted by Gasteiger charge is 2.37. The molecule has 1 aromatic rings. The zero-order valence-electron chi connectivity index (χ0n) is 12.1. The van der Waals surface area contributed by atoms with Crippen LogP contribution in [0.25, 0.3) is 0 Å². The van der Waals surface area contributed by atoms with Gasteiger partial charge in [0.2, 0.25) is 0 Å². The van der Waals surface area contributed by atoms with E-state index in [0.717, 1.165) is 12.8 Å². The van der Waals surface area contributed by atoms with Crippen molar-refractivity contribution in [2.45, 2.75) is 46.2 Å². The van der Waals surface area contributed by atoms with Gasteiger partial charge in [-0.1, -0.05) is 0 Å². The molecule has 0 bridgehead atoms. The number of rotatable bonds is 6. The fraction of sp³-hybridized carbons (Fsp3) is 0.643. The van der Waals surface area contributed by atoms with Crippen molar-refractivity contribution in [3.8, 4) is 0 Å². The second-order valence-corrected chi connectivity index (χ2v) is 5.62. The van der Waals surface area contributed by atoms with Crippen molar-refractivity contribution < 1.29 is 14.3 Å². The first kappa shape index (κ1) is 14.6. The van der Waals surface area contributed by atoms with Gasteiger partial charge in [0.05, 0.1) is 13.2 Å². The quantitative estimate of drug-likeness (QED) is 0.579. The summed E-state index contributed by atoms with van der Waals surface area (Å²) in [6.07, 6.45) is 5.31. The number of nitrogens with zero attached hydrogens (tertiary/aromatic N) is 2. The summed E-state index contributed by atoms with van der Waals surface area (Å²) in [5.41, 5.74) is -1.43. The summed E-state index contributed by atoms with van der Waals surface area (Å²) >= 11 is 0. The maximum Gasteiger partial charge on any atom is 0.328 e. The van der Waals surface area contributed by atoms with E-state index in [4.69, 9.17) is 4.74 Å². The molecule has 20 heavy (non-hydrogen) atoms. The average molecular weight is 280 g/mol. The van der Waals surface area contributed by atoms with Crippen molar-refractivity contribution in [2.24, 2.45) is 5.41 Å². The van der Waals surface area contributed by atoms with Crippen LogP contribution >= 0.6 is 0 Å². The summed E-state index contributed by atoms with van der Waals surface area (Å²) in [5, 5.41) is 0. The van der Waals surface area contributed by atoms with Gasteiger partial charge in [-0.05, 0) is 33.6 Å². The summed E-state index contributed by atoms with van der Waals surface area (Å²) < 4.78 is 7.89. The molecular weight excluding hydrogens is 260 g/mol. The predicted molar refractivity (Wildman–Crippen MR) is 72.4 cm³/mol. The Morgan fingerprint density at radius 1 is 1.35 bits per heavy atom. The molecule has 110 valence electrons. The van der Waals surface area contributed by atoms with Crippen molar-refractivity contribution in [3.63, 3.8) is 0 Å². The summed E-state index contributed by atoms with van der Waals surface area (Å²) in [7, 11) is 0. The van der Waals surface area contributed by atoms with Gasteiger partial charge >= 0.3 is 11.7 Å². The number of carbonyl (C=O) groups excluding carboxylic acids is 2.